The van der Waals surface area contributed by atoms with E-state index < -0.39 is 17.2 Å². The van der Waals surface area contributed by atoms with Crippen LogP contribution in [0.4, 0.5) is 0 Å². The molecule has 3 N–H and O–H groups in total. The highest BCUT2D eigenvalue weighted by molar-refractivity contribution is 5.92. The maximum Gasteiger partial charge on any atom is 0.326 e. The molecule has 1 amide bonds. The standard InChI is InChI=1S/C13H18N6O3/c1-7(2)4-8(11-14-6-15-19(11)3)16-12(21)9-5-10(20)18-13(22)17-9/h5-8H,4H2,1-3H3,(H,16,21)(H2,17,18,20,22). The fourth-order valence-electron chi connectivity index (χ4n) is 2.15. The minimum atomic E-state index is -0.725. The van der Waals surface area contributed by atoms with Crippen LogP contribution in [-0.4, -0.2) is 30.6 Å². The molecule has 2 rings (SSSR count). The van der Waals surface area contributed by atoms with Crippen molar-refractivity contribution < 1.29 is 4.79 Å². The highest BCUT2D eigenvalue weighted by Gasteiger charge is 2.21. The molecule has 2 aromatic heterocycles. The molecule has 0 bridgehead atoms. The number of aromatic nitrogens is 5. The van der Waals surface area contributed by atoms with E-state index in [1.165, 1.54) is 6.33 Å². The van der Waals surface area contributed by atoms with E-state index in [1.807, 2.05) is 18.8 Å². The van der Waals surface area contributed by atoms with Crippen LogP contribution < -0.4 is 16.6 Å². The summed E-state index contributed by atoms with van der Waals surface area (Å²) < 4.78 is 1.58. The van der Waals surface area contributed by atoms with Crippen LogP contribution in [0.2, 0.25) is 0 Å². The Morgan fingerprint density at radius 3 is 2.64 bits per heavy atom. The van der Waals surface area contributed by atoms with Crippen molar-refractivity contribution in [2.45, 2.75) is 26.3 Å². The Labute approximate surface area is 125 Å². The van der Waals surface area contributed by atoms with Gasteiger partial charge in [0.2, 0.25) is 0 Å². The van der Waals surface area contributed by atoms with Gasteiger partial charge in [-0.05, 0) is 12.3 Å². The molecule has 1 unspecified atom stereocenters. The van der Waals surface area contributed by atoms with Gasteiger partial charge in [-0.2, -0.15) is 5.10 Å². The maximum absolute atomic E-state index is 12.3. The molecule has 9 nitrogen and oxygen atoms in total. The first kappa shape index (κ1) is 15.7. The minimum absolute atomic E-state index is 0.0929. The fourth-order valence-corrected chi connectivity index (χ4v) is 2.15. The van der Waals surface area contributed by atoms with Crippen molar-refractivity contribution in [2.24, 2.45) is 13.0 Å². The molecule has 0 aliphatic carbocycles. The van der Waals surface area contributed by atoms with E-state index in [-0.39, 0.29) is 11.7 Å². The molecule has 0 aliphatic heterocycles. The predicted molar refractivity (Wildman–Crippen MR) is 78.3 cm³/mol. The van der Waals surface area contributed by atoms with E-state index in [1.54, 1.807) is 11.7 Å². The second kappa shape index (κ2) is 6.37. The largest absolute Gasteiger partial charge is 0.341 e. The van der Waals surface area contributed by atoms with Gasteiger partial charge >= 0.3 is 5.69 Å². The normalized spacial score (nSPS) is 12.4. The zero-order valence-corrected chi connectivity index (χ0v) is 12.6. The number of carbonyl (C=O) groups is 1. The zero-order chi connectivity index (χ0) is 16.3. The van der Waals surface area contributed by atoms with Crippen LogP contribution in [0.5, 0.6) is 0 Å². The third-order valence-electron chi connectivity index (χ3n) is 3.08. The first-order chi connectivity index (χ1) is 10.4. The number of rotatable bonds is 5. The van der Waals surface area contributed by atoms with E-state index in [0.29, 0.717) is 18.2 Å². The summed E-state index contributed by atoms with van der Waals surface area (Å²) in [5.74, 6) is 0.367. The molecule has 0 radical (unpaired) electrons. The summed E-state index contributed by atoms with van der Waals surface area (Å²) in [5, 5.41) is 6.77. The molecule has 0 aliphatic rings. The fraction of sp³-hybridized carbons (Fsp3) is 0.462. The van der Waals surface area contributed by atoms with Crippen LogP contribution in [0, 0.1) is 5.92 Å². The SMILES string of the molecule is CC(C)CC(NC(=O)c1cc(=O)[nH]c(=O)[nH]1)c1ncnn1C. The lowest BCUT2D eigenvalue weighted by molar-refractivity contribution is 0.0923. The van der Waals surface area contributed by atoms with Gasteiger partial charge in [-0.15, -0.1) is 0 Å². The Bertz CT molecular complexity index is 744. The maximum atomic E-state index is 12.3. The molecule has 2 aromatic rings. The molecule has 0 saturated heterocycles. The molecule has 22 heavy (non-hydrogen) atoms. The lowest BCUT2D eigenvalue weighted by atomic mass is 10.0. The van der Waals surface area contributed by atoms with Crippen LogP contribution in [0.1, 0.15) is 42.6 Å². The summed E-state index contributed by atoms with van der Waals surface area (Å²) in [6, 6.07) is 0.669. The van der Waals surface area contributed by atoms with Gasteiger partial charge in [0.05, 0.1) is 6.04 Å². The lowest BCUT2D eigenvalue weighted by Gasteiger charge is -2.19. The minimum Gasteiger partial charge on any atom is -0.341 e. The number of H-pyrrole nitrogens is 2. The average Bonchev–Trinajstić information content (AvgIpc) is 2.82. The van der Waals surface area contributed by atoms with Crippen molar-refractivity contribution in [3.63, 3.8) is 0 Å². The van der Waals surface area contributed by atoms with Gasteiger partial charge in [0.25, 0.3) is 11.5 Å². The molecule has 0 fully saturated rings. The summed E-state index contributed by atoms with van der Waals surface area (Å²) in [6.07, 6.45) is 2.05. The summed E-state index contributed by atoms with van der Waals surface area (Å²) in [6.45, 7) is 4.04. The Balaban J connectivity index is 2.27. The van der Waals surface area contributed by atoms with Crippen molar-refractivity contribution in [2.75, 3.05) is 0 Å². The number of carbonyl (C=O) groups excluding carboxylic acids is 1. The molecule has 2 heterocycles. The molecule has 0 saturated carbocycles. The second-order valence-corrected chi connectivity index (χ2v) is 5.40. The molecule has 1 atom stereocenters. The third-order valence-corrected chi connectivity index (χ3v) is 3.08. The second-order valence-electron chi connectivity index (χ2n) is 5.40. The zero-order valence-electron chi connectivity index (χ0n) is 12.6. The van der Waals surface area contributed by atoms with Crippen molar-refractivity contribution >= 4 is 5.91 Å². The Hall–Kier alpha value is -2.71. The number of nitrogens with zero attached hydrogens (tertiary/aromatic N) is 3. The molecular weight excluding hydrogens is 288 g/mol. The Morgan fingerprint density at radius 1 is 1.36 bits per heavy atom. The van der Waals surface area contributed by atoms with E-state index in [2.05, 4.69) is 20.4 Å². The summed E-state index contributed by atoms with van der Waals surface area (Å²) in [7, 11) is 1.73. The molecule has 0 aromatic carbocycles. The van der Waals surface area contributed by atoms with Crippen LogP contribution >= 0.6 is 0 Å². The van der Waals surface area contributed by atoms with Crippen LogP contribution in [0.15, 0.2) is 22.0 Å². The summed E-state index contributed by atoms with van der Waals surface area (Å²) in [4.78, 5) is 43.2. The number of hydrogen-bond acceptors (Lipinski definition) is 5. The average molecular weight is 306 g/mol. The van der Waals surface area contributed by atoms with Gasteiger partial charge in [-0.1, -0.05) is 13.8 Å². The summed E-state index contributed by atoms with van der Waals surface area (Å²) in [5.41, 5.74) is -1.45. The van der Waals surface area contributed by atoms with E-state index >= 15 is 0 Å². The lowest BCUT2D eigenvalue weighted by Crippen LogP contribution is -2.35. The van der Waals surface area contributed by atoms with Crippen molar-refractivity contribution in [1.82, 2.24) is 30.0 Å². The van der Waals surface area contributed by atoms with Gasteiger partial charge in [0.1, 0.15) is 17.8 Å². The molecule has 0 spiro atoms. The quantitative estimate of drug-likeness (QED) is 0.700. The molecule has 9 heteroatoms. The van der Waals surface area contributed by atoms with E-state index in [4.69, 9.17) is 0 Å². The number of nitrogens with one attached hydrogen (secondary N) is 3. The molecule has 118 valence electrons. The number of amides is 1. The van der Waals surface area contributed by atoms with Crippen molar-refractivity contribution in [1.29, 1.82) is 0 Å². The Kier molecular flexibility index (Phi) is 4.54. The third kappa shape index (κ3) is 3.68. The number of aromatic amines is 2. The van der Waals surface area contributed by atoms with Gasteiger partial charge in [0, 0.05) is 13.1 Å². The van der Waals surface area contributed by atoms with Crippen LogP contribution in [0.25, 0.3) is 0 Å². The highest BCUT2D eigenvalue weighted by Crippen LogP contribution is 2.19. The first-order valence-electron chi connectivity index (χ1n) is 6.85. The topological polar surface area (TPSA) is 126 Å². The van der Waals surface area contributed by atoms with Gasteiger partial charge in [-0.3, -0.25) is 19.3 Å². The van der Waals surface area contributed by atoms with Crippen LogP contribution in [0.3, 0.4) is 0 Å². The monoisotopic (exact) mass is 306 g/mol. The van der Waals surface area contributed by atoms with Gasteiger partial charge in [-0.25, -0.2) is 9.78 Å². The van der Waals surface area contributed by atoms with E-state index in [9.17, 15) is 14.4 Å². The number of aryl methyl sites for hydroxylation is 1. The van der Waals surface area contributed by atoms with E-state index in [0.717, 1.165) is 6.07 Å². The van der Waals surface area contributed by atoms with Crippen LogP contribution in [-0.2, 0) is 7.05 Å². The predicted octanol–water partition coefficient (Wildman–Crippen LogP) is -0.291. The summed E-state index contributed by atoms with van der Waals surface area (Å²) >= 11 is 0. The number of hydrogen-bond donors (Lipinski definition) is 3. The van der Waals surface area contributed by atoms with Crippen molar-refractivity contribution in [3.05, 3.63) is 44.8 Å². The van der Waals surface area contributed by atoms with Gasteiger partial charge < -0.3 is 10.3 Å². The molecular formula is C13H18N6O3. The van der Waals surface area contributed by atoms with Crippen molar-refractivity contribution in [3.8, 4) is 0 Å². The smallest absolute Gasteiger partial charge is 0.326 e. The highest BCUT2D eigenvalue weighted by atomic mass is 16.2. The van der Waals surface area contributed by atoms with Gasteiger partial charge in [0.15, 0.2) is 0 Å². The first-order valence-corrected chi connectivity index (χ1v) is 6.85. The Morgan fingerprint density at radius 2 is 2.09 bits per heavy atom.